The molecule has 0 saturated carbocycles. The van der Waals surface area contributed by atoms with Crippen LogP contribution in [0.15, 0.2) is 24.3 Å². The molecule has 2 nitrogen and oxygen atoms in total. The van der Waals surface area contributed by atoms with Crippen molar-refractivity contribution in [1.29, 1.82) is 0 Å². The molecule has 1 aromatic rings. The van der Waals surface area contributed by atoms with Crippen molar-refractivity contribution in [2.75, 3.05) is 12.9 Å². The van der Waals surface area contributed by atoms with Gasteiger partial charge in [0.15, 0.2) is 0 Å². The Hall–Kier alpha value is 0.00948. The van der Waals surface area contributed by atoms with Crippen molar-refractivity contribution in [3.05, 3.63) is 29.8 Å². The molecule has 0 radical (unpaired) electrons. The molecule has 18 heavy (non-hydrogen) atoms. The number of hydrogen-bond acceptors (Lipinski definition) is 3. The van der Waals surface area contributed by atoms with Gasteiger partial charge >= 0.3 is 121 Å². The van der Waals surface area contributed by atoms with E-state index in [1.165, 1.54) is 5.56 Å². The number of benzene rings is 1. The average Bonchev–Trinajstić information content (AvgIpc) is 2.86. The first kappa shape index (κ1) is 14.4. The molecule has 3 atom stereocenters. The van der Waals surface area contributed by atoms with Crippen molar-refractivity contribution >= 4 is 31.2 Å². The molecule has 4 heteroatoms. The molecule has 0 spiro atoms. The Kier molecular flexibility index (Phi) is 5.58. The average molecular weight is 330 g/mol. The third kappa shape index (κ3) is 3.31. The number of thioether (sulfide) groups is 1. The van der Waals surface area contributed by atoms with E-state index in [1.807, 2.05) is 11.8 Å². The molecule has 0 aromatic heterocycles. The van der Waals surface area contributed by atoms with Crippen LogP contribution >= 0.6 is 11.8 Å². The maximum atomic E-state index is 5.42. The summed E-state index contributed by atoms with van der Waals surface area (Å²) in [5, 5.41) is 0.582. The van der Waals surface area contributed by atoms with Crippen molar-refractivity contribution in [2.45, 2.75) is 36.4 Å². The van der Waals surface area contributed by atoms with Crippen LogP contribution in [0.2, 0.25) is 4.82 Å². The predicted octanol–water partition coefficient (Wildman–Crippen LogP) is 2.54. The van der Waals surface area contributed by atoms with Gasteiger partial charge in [-0.2, -0.15) is 0 Å². The summed E-state index contributed by atoms with van der Waals surface area (Å²) in [4.78, 5) is 6.08. The third-order valence-corrected chi connectivity index (χ3v) is 7.24. The van der Waals surface area contributed by atoms with Gasteiger partial charge in [0.2, 0.25) is 0 Å². The second kappa shape index (κ2) is 6.97. The fourth-order valence-electron chi connectivity index (χ4n) is 2.11. The summed E-state index contributed by atoms with van der Waals surface area (Å²) in [5.74, 6) is 0. The van der Waals surface area contributed by atoms with Gasteiger partial charge in [0.05, 0.1) is 0 Å². The standard InChI is InChI=1S/C14H21NOSSe/c1-4-12-14(9-16-15-12)18-13-8-6-5-7-11(13)10(2)17-3/h5-8,10,12,14-15H,4,9H2,1-3H3/t10-,12?,14?/m0/s1. The molecule has 1 aliphatic heterocycles. The van der Waals surface area contributed by atoms with Crippen molar-refractivity contribution in [3.63, 3.8) is 0 Å². The van der Waals surface area contributed by atoms with Gasteiger partial charge in [-0.15, -0.1) is 0 Å². The van der Waals surface area contributed by atoms with Crippen molar-refractivity contribution in [2.24, 2.45) is 0 Å². The summed E-state index contributed by atoms with van der Waals surface area (Å²) in [7, 11) is 0. The summed E-state index contributed by atoms with van der Waals surface area (Å²) >= 11 is 2.41. The normalized spacial score (nSPS) is 25.3. The van der Waals surface area contributed by atoms with E-state index >= 15 is 0 Å². The predicted molar refractivity (Wildman–Crippen MR) is 80.7 cm³/mol. The molecule has 2 rings (SSSR count). The fraction of sp³-hybridized carbons (Fsp3) is 0.571. The third-order valence-electron chi connectivity index (χ3n) is 3.36. The molecule has 0 bridgehead atoms. The molecule has 1 N–H and O–H groups in total. The van der Waals surface area contributed by atoms with Crippen molar-refractivity contribution in [3.8, 4) is 0 Å². The molecule has 1 aromatic carbocycles. The molecule has 100 valence electrons. The maximum absolute atomic E-state index is 5.42. The van der Waals surface area contributed by atoms with E-state index in [0.29, 0.717) is 31.1 Å². The van der Waals surface area contributed by atoms with Crippen LogP contribution in [0.3, 0.4) is 0 Å². The zero-order chi connectivity index (χ0) is 13.0. The molecular weight excluding hydrogens is 309 g/mol. The number of hydrogen-bond donors (Lipinski definition) is 1. The Morgan fingerprint density at radius 1 is 1.50 bits per heavy atom. The number of hydroxylamine groups is 1. The van der Waals surface area contributed by atoms with Crippen LogP contribution in [0.5, 0.6) is 0 Å². The zero-order valence-electron chi connectivity index (χ0n) is 11.2. The molecule has 1 aliphatic rings. The van der Waals surface area contributed by atoms with Gasteiger partial charge in [-0.25, -0.2) is 0 Å². The summed E-state index contributed by atoms with van der Waals surface area (Å²) in [6, 6.07) is 9.43. The Labute approximate surface area is 120 Å². The van der Waals surface area contributed by atoms with Gasteiger partial charge < -0.3 is 0 Å². The molecule has 0 amide bonds. The molecule has 0 aliphatic carbocycles. The van der Waals surface area contributed by atoms with E-state index < -0.39 is 0 Å². The van der Waals surface area contributed by atoms with Crippen molar-refractivity contribution in [1.82, 2.24) is 5.48 Å². The van der Waals surface area contributed by atoms with Crippen LogP contribution in [0, 0.1) is 0 Å². The molecule has 1 heterocycles. The second-order valence-corrected chi connectivity index (χ2v) is 8.38. The Morgan fingerprint density at radius 3 is 3.00 bits per heavy atom. The first-order valence-corrected chi connectivity index (χ1v) is 9.55. The summed E-state index contributed by atoms with van der Waals surface area (Å²) in [5.41, 5.74) is 4.66. The van der Waals surface area contributed by atoms with E-state index in [0.717, 1.165) is 13.0 Å². The molecule has 2 unspecified atom stereocenters. The van der Waals surface area contributed by atoms with E-state index in [-0.39, 0.29) is 0 Å². The first-order chi connectivity index (χ1) is 8.76. The SMILES string of the molecule is CCC1NOCC1[Se]c1ccccc1[C@H](C)SC. The number of rotatable bonds is 5. The van der Waals surface area contributed by atoms with Gasteiger partial charge in [0, 0.05) is 0 Å². The Bertz CT molecular complexity index is 388. The van der Waals surface area contributed by atoms with Gasteiger partial charge in [0.1, 0.15) is 0 Å². The zero-order valence-corrected chi connectivity index (χ0v) is 13.7. The Morgan fingerprint density at radius 2 is 2.28 bits per heavy atom. The second-order valence-electron chi connectivity index (χ2n) is 4.52. The van der Waals surface area contributed by atoms with E-state index in [9.17, 15) is 0 Å². The van der Waals surface area contributed by atoms with E-state index in [1.54, 1.807) is 4.46 Å². The van der Waals surface area contributed by atoms with Crippen LogP contribution < -0.4 is 9.94 Å². The van der Waals surface area contributed by atoms with Gasteiger partial charge in [-0.3, -0.25) is 0 Å². The monoisotopic (exact) mass is 331 g/mol. The first-order valence-electron chi connectivity index (χ1n) is 6.42. The van der Waals surface area contributed by atoms with E-state index in [4.69, 9.17) is 4.84 Å². The van der Waals surface area contributed by atoms with Crippen LogP contribution in [-0.2, 0) is 4.84 Å². The van der Waals surface area contributed by atoms with Gasteiger partial charge in [0.25, 0.3) is 0 Å². The minimum absolute atomic E-state index is 0.491. The van der Waals surface area contributed by atoms with Crippen LogP contribution in [0.4, 0.5) is 0 Å². The van der Waals surface area contributed by atoms with Crippen LogP contribution in [-0.4, -0.2) is 33.9 Å². The summed E-state index contributed by atoms with van der Waals surface area (Å²) < 4.78 is 1.54. The molecular formula is C14H21NOSSe. The summed E-state index contributed by atoms with van der Waals surface area (Å²) in [6.07, 6.45) is 3.33. The fourth-order valence-corrected chi connectivity index (χ4v) is 5.70. The molecule has 1 fully saturated rings. The Balaban J connectivity index is 2.13. The van der Waals surface area contributed by atoms with Gasteiger partial charge in [-0.1, -0.05) is 0 Å². The van der Waals surface area contributed by atoms with Crippen molar-refractivity contribution < 1.29 is 4.84 Å². The topological polar surface area (TPSA) is 21.3 Å². The van der Waals surface area contributed by atoms with E-state index in [2.05, 4.69) is 49.8 Å². The summed E-state index contributed by atoms with van der Waals surface area (Å²) in [6.45, 7) is 5.38. The molecule has 1 saturated heterocycles. The quantitative estimate of drug-likeness (QED) is 0.839. The van der Waals surface area contributed by atoms with Gasteiger partial charge in [-0.05, 0) is 0 Å². The number of nitrogens with one attached hydrogen (secondary N) is 1. The van der Waals surface area contributed by atoms with Crippen LogP contribution in [0.25, 0.3) is 0 Å². The minimum atomic E-state index is 0.491. The van der Waals surface area contributed by atoms with Crippen LogP contribution in [0.1, 0.15) is 31.1 Å².